The van der Waals surface area contributed by atoms with E-state index in [1.54, 1.807) is 4.90 Å². The molecule has 1 aliphatic heterocycles. The molecule has 2 heterocycles. The van der Waals surface area contributed by atoms with E-state index in [1.807, 2.05) is 0 Å². The van der Waals surface area contributed by atoms with Crippen LogP contribution in [-0.4, -0.2) is 41.9 Å². The average Bonchev–Trinajstić information content (AvgIpc) is 2.37. The number of alkyl halides is 3. The number of aromatic nitrogens is 1. The summed E-state index contributed by atoms with van der Waals surface area (Å²) in [5.41, 5.74) is -0.924. The van der Waals surface area contributed by atoms with Gasteiger partial charge in [0.2, 0.25) is 0 Å². The number of ether oxygens (including phenoxy) is 1. The molecule has 1 aliphatic rings. The van der Waals surface area contributed by atoms with Crippen LogP contribution in [0.15, 0.2) is 12.3 Å². The molecule has 0 bridgehead atoms. The Morgan fingerprint density at radius 2 is 2.29 bits per heavy atom. The molecule has 5 nitrogen and oxygen atoms in total. The second-order valence-electron chi connectivity index (χ2n) is 4.56. The number of morpholine rings is 1. The van der Waals surface area contributed by atoms with Gasteiger partial charge in [0, 0.05) is 19.3 Å². The van der Waals surface area contributed by atoms with Crippen molar-refractivity contribution in [1.82, 2.24) is 4.98 Å². The number of halogens is 4. The minimum atomic E-state index is -4.51. The number of nitrogens with zero attached hydrogens (tertiary/aromatic N) is 2. The van der Waals surface area contributed by atoms with Gasteiger partial charge >= 0.3 is 12.1 Å². The number of anilines is 1. The summed E-state index contributed by atoms with van der Waals surface area (Å²) in [4.78, 5) is 16.0. The molecular weight excluding hydrogens is 313 g/mol. The van der Waals surface area contributed by atoms with Crippen molar-refractivity contribution in [1.29, 1.82) is 0 Å². The van der Waals surface area contributed by atoms with Crippen molar-refractivity contribution in [2.24, 2.45) is 0 Å². The maximum atomic E-state index is 12.5. The van der Waals surface area contributed by atoms with Crippen molar-refractivity contribution in [2.45, 2.75) is 18.7 Å². The molecule has 9 heteroatoms. The third kappa shape index (κ3) is 3.98. The van der Waals surface area contributed by atoms with Crippen LogP contribution in [0.3, 0.4) is 0 Å². The smallest absolute Gasteiger partial charge is 0.417 e. The first-order valence-corrected chi connectivity index (χ1v) is 6.46. The third-order valence-corrected chi connectivity index (χ3v) is 3.27. The van der Waals surface area contributed by atoms with Gasteiger partial charge in [-0.3, -0.25) is 4.79 Å². The van der Waals surface area contributed by atoms with Crippen molar-refractivity contribution in [2.75, 3.05) is 24.6 Å². The average molecular weight is 325 g/mol. The lowest BCUT2D eigenvalue weighted by molar-refractivity contribution is -0.140. The number of pyridine rings is 1. The minimum absolute atomic E-state index is 0.124. The number of rotatable bonds is 3. The van der Waals surface area contributed by atoms with Gasteiger partial charge in [-0.1, -0.05) is 11.6 Å². The minimum Gasteiger partial charge on any atom is -0.481 e. The summed E-state index contributed by atoms with van der Waals surface area (Å²) in [6, 6.07) is 0.811. The fraction of sp³-hybridized carbons (Fsp3) is 0.500. The highest BCUT2D eigenvalue weighted by atomic mass is 35.5. The third-order valence-electron chi connectivity index (χ3n) is 2.99. The maximum absolute atomic E-state index is 12.5. The normalized spacial score (nSPS) is 19.6. The summed E-state index contributed by atoms with van der Waals surface area (Å²) >= 11 is 5.86. The maximum Gasteiger partial charge on any atom is 0.417 e. The Labute approximate surface area is 123 Å². The fourth-order valence-corrected chi connectivity index (χ4v) is 2.33. The molecule has 21 heavy (non-hydrogen) atoms. The van der Waals surface area contributed by atoms with Crippen LogP contribution < -0.4 is 4.90 Å². The van der Waals surface area contributed by atoms with Gasteiger partial charge in [0.15, 0.2) is 0 Å². The van der Waals surface area contributed by atoms with Gasteiger partial charge in [-0.15, -0.1) is 0 Å². The zero-order chi connectivity index (χ0) is 15.6. The molecule has 0 aliphatic carbocycles. The zero-order valence-corrected chi connectivity index (χ0v) is 11.5. The summed E-state index contributed by atoms with van der Waals surface area (Å²) in [7, 11) is 0. The molecule has 1 N–H and O–H groups in total. The van der Waals surface area contributed by atoms with Crippen LogP contribution in [0.25, 0.3) is 0 Å². The lowest BCUT2D eigenvalue weighted by Crippen LogP contribution is -2.43. The fourth-order valence-electron chi connectivity index (χ4n) is 2.05. The van der Waals surface area contributed by atoms with Gasteiger partial charge in [-0.05, 0) is 6.07 Å². The molecule has 116 valence electrons. The monoisotopic (exact) mass is 324 g/mol. The predicted octanol–water partition coefficient (Wildman–Crippen LogP) is 2.43. The molecule has 0 radical (unpaired) electrons. The highest BCUT2D eigenvalue weighted by Crippen LogP contribution is 2.33. The van der Waals surface area contributed by atoms with Crippen LogP contribution in [-0.2, 0) is 15.7 Å². The Balaban J connectivity index is 2.16. The molecule has 0 spiro atoms. The molecular formula is C12H12ClF3N2O3. The number of aliphatic carboxylic acids is 1. The van der Waals surface area contributed by atoms with Crippen LogP contribution in [0.5, 0.6) is 0 Å². The highest BCUT2D eigenvalue weighted by Gasteiger charge is 2.32. The molecule has 1 aromatic rings. The number of hydrogen-bond donors (Lipinski definition) is 1. The van der Waals surface area contributed by atoms with Crippen molar-refractivity contribution in [3.05, 3.63) is 22.8 Å². The SMILES string of the molecule is O=C(O)CC1CN(c2ncc(C(F)(F)F)cc2Cl)CCO1. The predicted molar refractivity (Wildman–Crippen MR) is 68.5 cm³/mol. The standard InChI is InChI=1S/C12H12ClF3N2O3/c13-9-3-7(12(14,15)16)5-17-11(9)18-1-2-21-8(6-18)4-10(19)20/h3,5,8H,1-2,4,6H2,(H,19,20). The van der Waals surface area contributed by atoms with Gasteiger partial charge < -0.3 is 14.7 Å². The molecule has 1 atom stereocenters. The Kier molecular flexibility index (Phi) is 4.58. The molecule has 1 fully saturated rings. The number of hydrogen-bond acceptors (Lipinski definition) is 4. The molecule has 1 saturated heterocycles. The van der Waals surface area contributed by atoms with Crippen LogP contribution in [0.4, 0.5) is 19.0 Å². The Morgan fingerprint density at radius 1 is 1.57 bits per heavy atom. The van der Waals surface area contributed by atoms with Gasteiger partial charge in [-0.2, -0.15) is 13.2 Å². The summed E-state index contributed by atoms with van der Waals surface area (Å²) in [6.45, 7) is 0.857. The van der Waals surface area contributed by atoms with E-state index >= 15 is 0 Å². The molecule has 2 rings (SSSR count). The van der Waals surface area contributed by atoms with E-state index in [9.17, 15) is 18.0 Å². The van der Waals surface area contributed by atoms with E-state index in [0.717, 1.165) is 6.07 Å². The van der Waals surface area contributed by atoms with Crippen molar-refractivity contribution < 1.29 is 27.8 Å². The van der Waals surface area contributed by atoms with Gasteiger partial charge in [-0.25, -0.2) is 4.98 Å². The molecule has 0 saturated carbocycles. The Hall–Kier alpha value is -1.54. The van der Waals surface area contributed by atoms with Crippen LogP contribution in [0, 0.1) is 0 Å². The van der Waals surface area contributed by atoms with E-state index in [2.05, 4.69) is 4.98 Å². The molecule has 0 aromatic carbocycles. The first-order valence-electron chi connectivity index (χ1n) is 6.08. The van der Waals surface area contributed by atoms with Gasteiger partial charge in [0.25, 0.3) is 0 Å². The molecule has 1 aromatic heterocycles. The summed E-state index contributed by atoms with van der Waals surface area (Å²) in [5.74, 6) is -0.809. The van der Waals surface area contributed by atoms with Crippen LogP contribution in [0.1, 0.15) is 12.0 Å². The lowest BCUT2D eigenvalue weighted by Gasteiger charge is -2.33. The topological polar surface area (TPSA) is 62.7 Å². The first-order chi connectivity index (χ1) is 9.77. The summed E-state index contributed by atoms with van der Waals surface area (Å²) in [6.07, 6.45) is -4.53. The van der Waals surface area contributed by atoms with Crippen molar-refractivity contribution >= 4 is 23.4 Å². The van der Waals surface area contributed by atoms with E-state index in [0.29, 0.717) is 12.7 Å². The van der Waals surface area contributed by atoms with E-state index in [-0.39, 0.29) is 30.4 Å². The van der Waals surface area contributed by atoms with E-state index in [4.69, 9.17) is 21.4 Å². The first kappa shape index (κ1) is 15.8. The van der Waals surface area contributed by atoms with Crippen LogP contribution in [0.2, 0.25) is 5.02 Å². The molecule has 0 amide bonds. The summed E-state index contributed by atoms with van der Waals surface area (Å²) in [5, 5.41) is 8.61. The van der Waals surface area contributed by atoms with Crippen LogP contribution >= 0.6 is 11.6 Å². The summed E-state index contributed by atoms with van der Waals surface area (Å²) < 4.78 is 42.9. The van der Waals surface area contributed by atoms with Gasteiger partial charge in [0.05, 0.1) is 29.7 Å². The Morgan fingerprint density at radius 3 is 2.86 bits per heavy atom. The second-order valence-corrected chi connectivity index (χ2v) is 4.97. The quantitative estimate of drug-likeness (QED) is 0.925. The lowest BCUT2D eigenvalue weighted by atomic mass is 10.2. The van der Waals surface area contributed by atoms with Gasteiger partial charge in [0.1, 0.15) is 5.82 Å². The van der Waals surface area contributed by atoms with Crippen molar-refractivity contribution in [3.8, 4) is 0 Å². The Bertz CT molecular complexity index is 539. The highest BCUT2D eigenvalue weighted by molar-refractivity contribution is 6.33. The second kappa shape index (κ2) is 6.07. The molecule has 1 unspecified atom stereocenters. The largest absolute Gasteiger partial charge is 0.481 e. The van der Waals surface area contributed by atoms with E-state index < -0.39 is 23.8 Å². The number of carboxylic acids is 1. The number of carbonyl (C=O) groups is 1. The zero-order valence-electron chi connectivity index (χ0n) is 10.7. The number of carboxylic acid groups (broad SMARTS) is 1. The van der Waals surface area contributed by atoms with Crippen molar-refractivity contribution in [3.63, 3.8) is 0 Å². The van der Waals surface area contributed by atoms with E-state index in [1.165, 1.54) is 0 Å².